The van der Waals surface area contributed by atoms with Crippen LogP contribution in [0.4, 0.5) is 13.2 Å². The molecule has 0 aromatic heterocycles. The number of aliphatic carboxylic acids is 2. The van der Waals surface area contributed by atoms with Crippen LogP contribution in [-0.2, 0) is 9.59 Å². The second-order valence-electron chi connectivity index (χ2n) is 3.76. The zero-order chi connectivity index (χ0) is 13.6. The molecule has 0 bridgehead atoms. The Morgan fingerprint density at radius 3 is 1.88 bits per heavy atom. The van der Waals surface area contributed by atoms with Crippen molar-refractivity contribution in [1.29, 1.82) is 0 Å². The van der Waals surface area contributed by atoms with Crippen molar-refractivity contribution in [3.05, 3.63) is 0 Å². The van der Waals surface area contributed by atoms with Gasteiger partial charge in [0.15, 0.2) is 0 Å². The van der Waals surface area contributed by atoms with Crippen LogP contribution >= 0.6 is 0 Å². The molecule has 0 aromatic carbocycles. The molecule has 1 aliphatic carbocycles. The summed E-state index contributed by atoms with van der Waals surface area (Å²) >= 11 is 0. The number of carbonyl (C=O) groups is 2. The molecule has 1 fully saturated rings. The van der Waals surface area contributed by atoms with E-state index in [1.165, 1.54) is 0 Å². The van der Waals surface area contributed by atoms with Crippen LogP contribution in [0, 0.1) is 5.92 Å². The van der Waals surface area contributed by atoms with E-state index in [1.807, 2.05) is 0 Å². The molecule has 0 spiro atoms. The molecule has 1 rings (SSSR count). The lowest BCUT2D eigenvalue weighted by atomic mass is 9.86. The van der Waals surface area contributed by atoms with Crippen LogP contribution in [0.3, 0.4) is 0 Å². The summed E-state index contributed by atoms with van der Waals surface area (Å²) in [4.78, 5) is 19.3. The molecular formula is C9H14F3NO4. The van der Waals surface area contributed by atoms with Crippen molar-refractivity contribution in [3.63, 3.8) is 0 Å². The molecule has 0 saturated heterocycles. The second kappa shape index (κ2) is 6.43. The Balaban J connectivity index is 0.000000325. The molecule has 8 heteroatoms. The molecule has 1 saturated carbocycles. The minimum atomic E-state index is -5.08. The van der Waals surface area contributed by atoms with Crippen LogP contribution in [0.25, 0.3) is 0 Å². The maximum atomic E-state index is 10.6. The quantitative estimate of drug-likeness (QED) is 0.655. The minimum absolute atomic E-state index is 0.120. The first-order valence-corrected chi connectivity index (χ1v) is 4.93. The molecule has 4 N–H and O–H groups in total. The highest BCUT2D eigenvalue weighted by molar-refractivity contribution is 5.73. The Morgan fingerprint density at radius 1 is 1.18 bits per heavy atom. The molecule has 2 atom stereocenters. The number of halogens is 3. The maximum absolute atomic E-state index is 10.6. The van der Waals surface area contributed by atoms with Gasteiger partial charge in [-0.2, -0.15) is 13.2 Å². The lowest BCUT2D eigenvalue weighted by Gasteiger charge is -2.22. The van der Waals surface area contributed by atoms with E-state index in [2.05, 4.69) is 0 Å². The number of hydrogen-bond acceptors (Lipinski definition) is 3. The Labute approximate surface area is 95.4 Å². The standard InChI is InChI=1S/C7H13NO2.C2HF3O2/c8-6-3-1-2-5(4-6)7(9)10;3-2(4,5)1(6)7/h5-6H,1-4,8H2,(H,9,10);(H,6,7)/t5-,6-;/m1./s1. The summed E-state index contributed by atoms with van der Waals surface area (Å²) in [6.07, 6.45) is -1.65. The highest BCUT2D eigenvalue weighted by atomic mass is 19.4. The van der Waals surface area contributed by atoms with Crippen LogP contribution in [0.2, 0.25) is 0 Å². The van der Waals surface area contributed by atoms with Gasteiger partial charge in [-0.25, -0.2) is 4.79 Å². The van der Waals surface area contributed by atoms with E-state index in [4.69, 9.17) is 20.7 Å². The SMILES string of the molecule is N[C@@H]1CCC[C@@H](C(=O)O)C1.O=C(O)C(F)(F)F. The minimum Gasteiger partial charge on any atom is -0.481 e. The molecule has 17 heavy (non-hydrogen) atoms. The highest BCUT2D eigenvalue weighted by Crippen LogP contribution is 2.22. The van der Waals surface area contributed by atoms with Crippen molar-refractivity contribution in [2.24, 2.45) is 11.7 Å². The van der Waals surface area contributed by atoms with Crippen molar-refractivity contribution in [2.75, 3.05) is 0 Å². The first kappa shape index (κ1) is 15.7. The molecular weight excluding hydrogens is 243 g/mol. The lowest BCUT2D eigenvalue weighted by Crippen LogP contribution is -2.31. The summed E-state index contributed by atoms with van der Waals surface area (Å²) in [5, 5.41) is 15.7. The van der Waals surface area contributed by atoms with Crippen molar-refractivity contribution in [2.45, 2.75) is 37.9 Å². The van der Waals surface area contributed by atoms with Crippen LogP contribution in [0.5, 0.6) is 0 Å². The predicted octanol–water partition coefficient (Wildman–Crippen LogP) is 1.22. The monoisotopic (exact) mass is 257 g/mol. The van der Waals surface area contributed by atoms with Crippen LogP contribution in [-0.4, -0.2) is 34.4 Å². The highest BCUT2D eigenvalue weighted by Gasteiger charge is 2.38. The van der Waals surface area contributed by atoms with E-state index < -0.39 is 18.1 Å². The topological polar surface area (TPSA) is 101 Å². The number of carboxylic acid groups (broad SMARTS) is 2. The molecule has 0 aliphatic heterocycles. The Morgan fingerprint density at radius 2 is 1.65 bits per heavy atom. The fraction of sp³-hybridized carbons (Fsp3) is 0.778. The predicted molar refractivity (Wildman–Crippen MR) is 51.3 cm³/mol. The molecule has 5 nitrogen and oxygen atoms in total. The molecule has 0 radical (unpaired) electrons. The van der Waals surface area contributed by atoms with Gasteiger partial charge >= 0.3 is 18.1 Å². The van der Waals surface area contributed by atoms with Crippen LogP contribution in [0.15, 0.2) is 0 Å². The Hall–Kier alpha value is -1.31. The summed E-state index contributed by atoms with van der Waals surface area (Å²) in [6, 6.07) is 0.120. The Bertz CT molecular complexity index is 280. The van der Waals surface area contributed by atoms with Gasteiger partial charge in [0.25, 0.3) is 0 Å². The van der Waals surface area contributed by atoms with E-state index >= 15 is 0 Å². The summed E-state index contributed by atoms with van der Waals surface area (Å²) in [5.41, 5.74) is 5.60. The van der Waals surface area contributed by atoms with E-state index in [-0.39, 0.29) is 12.0 Å². The van der Waals surface area contributed by atoms with Crippen molar-refractivity contribution < 1.29 is 33.0 Å². The third-order valence-corrected chi connectivity index (χ3v) is 2.31. The number of alkyl halides is 3. The third kappa shape index (κ3) is 6.77. The zero-order valence-electron chi connectivity index (χ0n) is 8.91. The first-order chi connectivity index (χ1) is 7.64. The molecule has 0 heterocycles. The summed E-state index contributed by atoms with van der Waals surface area (Å²) in [7, 11) is 0. The van der Waals surface area contributed by atoms with Gasteiger partial charge in [-0.05, 0) is 19.3 Å². The first-order valence-electron chi connectivity index (χ1n) is 4.93. The second-order valence-corrected chi connectivity index (χ2v) is 3.76. The molecule has 100 valence electrons. The maximum Gasteiger partial charge on any atom is 0.490 e. The van der Waals surface area contributed by atoms with Crippen molar-refractivity contribution in [1.82, 2.24) is 0 Å². The lowest BCUT2D eigenvalue weighted by molar-refractivity contribution is -0.192. The summed E-state index contributed by atoms with van der Waals surface area (Å²) in [5.74, 6) is -3.62. The van der Waals surface area contributed by atoms with E-state index in [0.29, 0.717) is 6.42 Å². The van der Waals surface area contributed by atoms with Gasteiger partial charge in [-0.15, -0.1) is 0 Å². The average molecular weight is 257 g/mol. The number of nitrogens with two attached hydrogens (primary N) is 1. The normalized spacial score (nSPS) is 24.5. The molecule has 1 aliphatic rings. The summed E-state index contributed by atoms with van der Waals surface area (Å²) in [6.45, 7) is 0. The van der Waals surface area contributed by atoms with Crippen molar-refractivity contribution >= 4 is 11.9 Å². The number of hydrogen-bond donors (Lipinski definition) is 3. The van der Waals surface area contributed by atoms with Crippen molar-refractivity contribution in [3.8, 4) is 0 Å². The van der Waals surface area contributed by atoms with Gasteiger partial charge in [-0.1, -0.05) is 6.42 Å². The van der Waals surface area contributed by atoms with Gasteiger partial charge in [0.05, 0.1) is 5.92 Å². The van der Waals surface area contributed by atoms with E-state index in [9.17, 15) is 18.0 Å². The smallest absolute Gasteiger partial charge is 0.481 e. The van der Waals surface area contributed by atoms with Gasteiger partial charge in [0, 0.05) is 6.04 Å². The van der Waals surface area contributed by atoms with Gasteiger partial charge in [0.1, 0.15) is 0 Å². The molecule has 0 aromatic rings. The fourth-order valence-corrected chi connectivity index (χ4v) is 1.45. The van der Waals surface area contributed by atoms with Crippen LogP contribution in [0.1, 0.15) is 25.7 Å². The fourth-order valence-electron chi connectivity index (χ4n) is 1.45. The third-order valence-electron chi connectivity index (χ3n) is 2.31. The Kier molecular flexibility index (Phi) is 5.94. The average Bonchev–Trinajstić information content (AvgIpc) is 2.17. The van der Waals surface area contributed by atoms with Gasteiger partial charge in [-0.3, -0.25) is 4.79 Å². The summed E-state index contributed by atoms with van der Waals surface area (Å²) < 4.78 is 31.7. The van der Waals surface area contributed by atoms with E-state index in [1.54, 1.807) is 0 Å². The number of rotatable bonds is 1. The molecule has 0 amide bonds. The van der Waals surface area contributed by atoms with Crippen LogP contribution < -0.4 is 5.73 Å². The van der Waals surface area contributed by atoms with E-state index in [0.717, 1.165) is 19.3 Å². The molecule has 0 unspecified atom stereocenters. The largest absolute Gasteiger partial charge is 0.490 e. The van der Waals surface area contributed by atoms with Gasteiger partial charge < -0.3 is 15.9 Å². The number of carboxylic acids is 2. The zero-order valence-corrected chi connectivity index (χ0v) is 8.91. The van der Waals surface area contributed by atoms with Gasteiger partial charge in [0.2, 0.25) is 0 Å².